The maximum absolute atomic E-state index is 5.77. The molecule has 0 unspecified atom stereocenters. The van der Waals surface area contributed by atoms with E-state index in [1.165, 1.54) is 11.1 Å². The Hall–Kier alpha value is -1.87. The largest absolute Gasteiger partial charge is 0.340 e. The van der Waals surface area contributed by atoms with Crippen LogP contribution in [0.5, 0.6) is 0 Å². The third kappa shape index (κ3) is 2.50. The van der Waals surface area contributed by atoms with Gasteiger partial charge >= 0.3 is 0 Å². The summed E-state index contributed by atoms with van der Waals surface area (Å²) in [6.45, 7) is 6.23. The van der Waals surface area contributed by atoms with Crippen LogP contribution in [0.1, 0.15) is 37.1 Å². The monoisotopic (exact) mass is 310 g/mol. The fourth-order valence-electron chi connectivity index (χ4n) is 3.43. The van der Waals surface area contributed by atoms with Crippen LogP contribution in [-0.4, -0.2) is 28.0 Å². The molecule has 2 aromatic rings. The van der Waals surface area contributed by atoms with Crippen LogP contribution >= 0.6 is 12.2 Å². The SMILES string of the molecule is CCN1C(=S)N(CC)[C@@H](c2ccccc2)[C@@H]1c1ccccc1. The van der Waals surface area contributed by atoms with Crippen molar-refractivity contribution in [1.29, 1.82) is 0 Å². The van der Waals surface area contributed by atoms with Gasteiger partial charge in [0.05, 0.1) is 12.1 Å². The zero-order valence-electron chi connectivity index (χ0n) is 13.1. The number of likely N-dealkylation sites (N-methyl/N-ethyl adjacent to an activating group) is 2. The third-order valence-corrected chi connectivity index (χ3v) is 4.89. The summed E-state index contributed by atoms with van der Waals surface area (Å²) in [7, 11) is 0. The third-order valence-electron chi connectivity index (χ3n) is 4.43. The molecule has 0 aliphatic carbocycles. The highest BCUT2D eigenvalue weighted by Gasteiger charge is 2.43. The van der Waals surface area contributed by atoms with Crippen molar-refractivity contribution in [2.45, 2.75) is 25.9 Å². The van der Waals surface area contributed by atoms with E-state index in [0.29, 0.717) is 0 Å². The molecule has 0 spiro atoms. The second-order valence-corrected chi connectivity index (χ2v) is 5.93. The topological polar surface area (TPSA) is 6.48 Å². The summed E-state index contributed by atoms with van der Waals surface area (Å²) in [6, 6.07) is 22.0. The fraction of sp³-hybridized carbons (Fsp3) is 0.316. The Labute approximate surface area is 138 Å². The number of rotatable bonds is 4. The lowest BCUT2D eigenvalue weighted by Crippen LogP contribution is -2.32. The molecule has 2 atom stereocenters. The zero-order valence-corrected chi connectivity index (χ0v) is 14.0. The van der Waals surface area contributed by atoms with E-state index in [4.69, 9.17) is 12.2 Å². The summed E-state index contributed by atoms with van der Waals surface area (Å²) in [4.78, 5) is 4.71. The van der Waals surface area contributed by atoms with Gasteiger partial charge in [-0.05, 0) is 37.2 Å². The molecular weight excluding hydrogens is 288 g/mol. The average molecular weight is 310 g/mol. The number of hydrogen-bond donors (Lipinski definition) is 0. The predicted octanol–water partition coefficient (Wildman–Crippen LogP) is 4.41. The molecule has 3 rings (SSSR count). The van der Waals surface area contributed by atoms with Crippen molar-refractivity contribution in [2.24, 2.45) is 0 Å². The molecule has 2 nitrogen and oxygen atoms in total. The summed E-state index contributed by atoms with van der Waals surface area (Å²) in [5, 5.41) is 0.965. The molecule has 1 saturated heterocycles. The van der Waals surface area contributed by atoms with Crippen molar-refractivity contribution in [3.8, 4) is 0 Å². The van der Waals surface area contributed by atoms with Gasteiger partial charge in [0, 0.05) is 13.1 Å². The molecule has 0 N–H and O–H groups in total. The second kappa shape index (κ2) is 6.49. The zero-order chi connectivity index (χ0) is 15.5. The van der Waals surface area contributed by atoms with Gasteiger partial charge in [0.2, 0.25) is 0 Å². The first-order valence-corrected chi connectivity index (χ1v) is 8.35. The van der Waals surface area contributed by atoms with Gasteiger partial charge in [-0.1, -0.05) is 60.7 Å². The Balaban J connectivity index is 2.11. The first-order chi connectivity index (χ1) is 10.8. The Kier molecular flexibility index (Phi) is 4.44. The van der Waals surface area contributed by atoms with Gasteiger partial charge in [-0.2, -0.15) is 0 Å². The highest BCUT2D eigenvalue weighted by atomic mass is 32.1. The molecule has 3 heteroatoms. The van der Waals surface area contributed by atoms with Gasteiger partial charge in [0.15, 0.2) is 5.11 Å². The Morgan fingerprint density at radius 2 is 1.09 bits per heavy atom. The molecule has 2 aromatic carbocycles. The van der Waals surface area contributed by atoms with Gasteiger partial charge in [-0.25, -0.2) is 0 Å². The summed E-state index contributed by atoms with van der Waals surface area (Å²) in [6.07, 6.45) is 0. The number of hydrogen-bond acceptors (Lipinski definition) is 1. The Morgan fingerprint density at radius 1 is 0.727 bits per heavy atom. The van der Waals surface area contributed by atoms with E-state index in [2.05, 4.69) is 84.3 Å². The minimum absolute atomic E-state index is 0.279. The minimum atomic E-state index is 0.279. The van der Waals surface area contributed by atoms with E-state index in [1.807, 2.05) is 0 Å². The first kappa shape index (κ1) is 15.0. The normalized spacial score (nSPS) is 21.5. The average Bonchev–Trinajstić information content (AvgIpc) is 2.88. The van der Waals surface area contributed by atoms with E-state index < -0.39 is 0 Å². The van der Waals surface area contributed by atoms with Crippen molar-refractivity contribution >= 4 is 17.3 Å². The summed E-state index contributed by atoms with van der Waals surface area (Å²) < 4.78 is 0. The van der Waals surface area contributed by atoms with Gasteiger partial charge < -0.3 is 9.80 Å². The van der Waals surface area contributed by atoms with Crippen molar-refractivity contribution in [1.82, 2.24) is 9.80 Å². The van der Waals surface area contributed by atoms with Gasteiger partial charge in [0.1, 0.15) is 0 Å². The minimum Gasteiger partial charge on any atom is -0.340 e. The van der Waals surface area contributed by atoms with Crippen LogP contribution in [0.3, 0.4) is 0 Å². The highest BCUT2D eigenvalue weighted by Crippen LogP contribution is 2.44. The van der Waals surface area contributed by atoms with Crippen molar-refractivity contribution in [3.63, 3.8) is 0 Å². The smallest absolute Gasteiger partial charge is 0.172 e. The molecular formula is C19H22N2S. The quantitative estimate of drug-likeness (QED) is 0.772. The Bertz CT molecular complexity index is 571. The maximum Gasteiger partial charge on any atom is 0.172 e. The molecule has 0 saturated carbocycles. The van der Waals surface area contributed by atoms with Crippen molar-refractivity contribution in [2.75, 3.05) is 13.1 Å². The van der Waals surface area contributed by atoms with Crippen LogP contribution in [0.4, 0.5) is 0 Å². The number of benzene rings is 2. The van der Waals surface area contributed by atoms with Crippen LogP contribution in [-0.2, 0) is 0 Å². The van der Waals surface area contributed by atoms with E-state index in [0.717, 1.165) is 18.2 Å². The highest BCUT2D eigenvalue weighted by molar-refractivity contribution is 7.80. The maximum atomic E-state index is 5.77. The van der Waals surface area contributed by atoms with Crippen LogP contribution in [0.15, 0.2) is 60.7 Å². The van der Waals surface area contributed by atoms with Gasteiger partial charge in [-0.15, -0.1) is 0 Å². The molecule has 1 aliphatic rings. The molecule has 22 heavy (non-hydrogen) atoms. The second-order valence-electron chi connectivity index (χ2n) is 5.57. The van der Waals surface area contributed by atoms with E-state index in [1.54, 1.807) is 0 Å². The molecule has 0 amide bonds. The van der Waals surface area contributed by atoms with E-state index in [9.17, 15) is 0 Å². The van der Waals surface area contributed by atoms with Crippen molar-refractivity contribution < 1.29 is 0 Å². The van der Waals surface area contributed by atoms with Crippen LogP contribution in [0.2, 0.25) is 0 Å². The fourth-order valence-corrected chi connectivity index (χ4v) is 3.92. The number of thiocarbonyl (C=S) groups is 1. The summed E-state index contributed by atoms with van der Waals surface area (Å²) in [5.41, 5.74) is 2.66. The first-order valence-electron chi connectivity index (χ1n) is 7.95. The molecule has 0 aromatic heterocycles. The lowest BCUT2D eigenvalue weighted by atomic mass is 9.93. The molecule has 114 valence electrons. The summed E-state index contributed by atoms with van der Waals surface area (Å²) >= 11 is 5.77. The van der Waals surface area contributed by atoms with E-state index in [-0.39, 0.29) is 12.1 Å². The predicted molar refractivity (Wildman–Crippen MR) is 95.7 cm³/mol. The van der Waals surface area contributed by atoms with Gasteiger partial charge in [0.25, 0.3) is 0 Å². The Morgan fingerprint density at radius 3 is 1.41 bits per heavy atom. The molecule has 0 bridgehead atoms. The van der Waals surface area contributed by atoms with Gasteiger partial charge in [-0.3, -0.25) is 0 Å². The molecule has 1 aliphatic heterocycles. The number of nitrogens with zero attached hydrogens (tertiary/aromatic N) is 2. The van der Waals surface area contributed by atoms with Crippen molar-refractivity contribution in [3.05, 3.63) is 71.8 Å². The van der Waals surface area contributed by atoms with E-state index >= 15 is 0 Å². The van der Waals surface area contributed by atoms with Crippen LogP contribution < -0.4 is 0 Å². The molecule has 1 heterocycles. The lowest BCUT2D eigenvalue weighted by Gasteiger charge is -2.28. The van der Waals surface area contributed by atoms with Crippen LogP contribution in [0, 0.1) is 0 Å². The van der Waals surface area contributed by atoms with Crippen LogP contribution in [0.25, 0.3) is 0 Å². The summed E-state index contributed by atoms with van der Waals surface area (Å²) in [5.74, 6) is 0. The molecule has 1 fully saturated rings. The molecule has 0 radical (unpaired) electrons. The standard InChI is InChI=1S/C19H22N2S/c1-3-20-17(15-11-7-5-8-12-15)18(21(4-2)19(20)22)16-13-9-6-10-14-16/h5-14,17-18H,3-4H2,1-2H3/t17-,18-/m0/s1. The lowest BCUT2D eigenvalue weighted by molar-refractivity contribution is 0.281.